The van der Waals surface area contributed by atoms with Crippen LogP contribution in [0.25, 0.3) is 0 Å². The van der Waals surface area contributed by atoms with E-state index < -0.39 is 0 Å². The molecule has 1 aromatic rings. The molecule has 1 aromatic heterocycles. The van der Waals surface area contributed by atoms with Gasteiger partial charge in [-0.2, -0.15) is 4.98 Å². The molecule has 90 valence electrons. The fourth-order valence-corrected chi connectivity index (χ4v) is 1.24. The molecule has 16 heavy (non-hydrogen) atoms. The molecule has 0 aliphatic heterocycles. The van der Waals surface area contributed by atoms with Gasteiger partial charge in [-0.25, -0.2) is 4.98 Å². The molecule has 0 amide bonds. The summed E-state index contributed by atoms with van der Waals surface area (Å²) < 4.78 is 0. The minimum atomic E-state index is 0.178. The highest BCUT2D eigenvalue weighted by atomic mass is 16.3. The number of aliphatic hydroxyl groups is 1. The van der Waals surface area contributed by atoms with E-state index in [1.165, 1.54) is 0 Å². The van der Waals surface area contributed by atoms with Gasteiger partial charge in [0.2, 0.25) is 5.95 Å². The molecule has 0 bridgehead atoms. The molecule has 0 spiro atoms. The van der Waals surface area contributed by atoms with E-state index in [9.17, 15) is 0 Å². The number of aromatic nitrogens is 2. The number of nitrogens with zero attached hydrogens (tertiary/aromatic N) is 2. The number of aryl methyl sites for hydroxylation is 1. The van der Waals surface area contributed by atoms with Gasteiger partial charge in [0, 0.05) is 31.5 Å². The summed E-state index contributed by atoms with van der Waals surface area (Å²) in [7, 11) is 0. The van der Waals surface area contributed by atoms with Crippen LogP contribution in [0, 0.1) is 12.8 Å². The number of hydrogen-bond donors (Lipinski definition) is 3. The fourth-order valence-electron chi connectivity index (χ4n) is 1.24. The summed E-state index contributed by atoms with van der Waals surface area (Å²) in [5.74, 6) is 1.66. The fraction of sp³-hybridized carbons (Fsp3) is 0.636. The second kappa shape index (κ2) is 6.27. The molecular weight excluding hydrogens is 204 g/mol. The average molecular weight is 224 g/mol. The van der Waals surface area contributed by atoms with Crippen molar-refractivity contribution in [2.75, 3.05) is 30.3 Å². The molecule has 5 heteroatoms. The highest BCUT2D eigenvalue weighted by Crippen LogP contribution is 2.09. The molecule has 3 N–H and O–H groups in total. The lowest BCUT2D eigenvalue weighted by Gasteiger charge is -2.11. The summed E-state index contributed by atoms with van der Waals surface area (Å²) in [6, 6.07) is 1.89. The maximum absolute atomic E-state index is 8.92. The number of aliphatic hydroxyl groups excluding tert-OH is 1. The first-order valence-electron chi connectivity index (χ1n) is 5.60. The van der Waals surface area contributed by atoms with E-state index >= 15 is 0 Å². The van der Waals surface area contributed by atoms with Crippen molar-refractivity contribution in [3.63, 3.8) is 0 Å². The lowest BCUT2D eigenvalue weighted by Crippen LogP contribution is -2.16. The molecule has 0 saturated carbocycles. The van der Waals surface area contributed by atoms with Gasteiger partial charge in [-0.3, -0.25) is 0 Å². The van der Waals surface area contributed by atoms with Gasteiger partial charge in [-0.15, -0.1) is 0 Å². The third-order valence-corrected chi connectivity index (χ3v) is 2.13. The maximum Gasteiger partial charge on any atom is 0.224 e. The van der Waals surface area contributed by atoms with Crippen molar-refractivity contribution in [1.82, 2.24) is 9.97 Å². The quantitative estimate of drug-likeness (QED) is 0.678. The molecule has 1 rings (SSSR count). The minimum absolute atomic E-state index is 0.178. The topological polar surface area (TPSA) is 70.1 Å². The van der Waals surface area contributed by atoms with E-state index in [1.807, 2.05) is 26.8 Å². The van der Waals surface area contributed by atoms with E-state index in [4.69, 9.17) is 5.11 Å². The molecule has 0 fully saturated rings. The molecule has 1 atom stereocenters. The summed E-state index contributed by atoms with van der Waals surface area (Å²) in [4.78, 5) is 8.57. The molecule has 0 saturated heterocycles. The zero-order valence-electron chi connectivity index (χ0n) is 10.1. The van der Waals surface area contributed by atoms with Crippen LogP contribution in [0.4, 0.5) is 11.8 Å². The van der Waals surface area contributed by atoms with Crippen LogP contribution in [0.5, 0.6) is 0 Å². The zero-order valence-corrected chi connectivity index (χ0v) is 10.1. The number of anilines is 2. The van der Waals surface area contributed by atoms with Crippen molar-refractivity contribution in [3.8, 4) is 0 Å². The van der Waals surface area contributed by atoms with Crippen LogP contribution in [0.3, 0.4) is 0 Å². The van der Waals surface area contributed by atoms with Crippen molar-refractivity contribution in [1.29, 1.82) is 0 Å². The van der Waals surface area contributed by atoms with Crippen molar-refractivity contribution < 1.29 is 5.11 Å². The Kier molecular flexibility index (Phi) is 4.98. The van der Waals surface area contributed by atoms with Gasteiger partial charge in [0.05, 0.1) is 0 Å². The third kappa shape index (κ3) is 4.02. The van der Waals surface area contributed by atoms with Crippen LogP contribution in [-0.2, 0) is 0 Å². The molecule has 0 aliphatic rings. The Labute approximate surface area is 96.3 Å². The molecule has 5 nitrogen and oxygen atoms in total. The van der Waals surface area contributed by atoms with Crippen LogP contribution in [0.2, 0.25) is 0 Å². The average Bonchev–Trinajstić information content (AvgIpc) is 2.25. The first-order valence-corrected chi connectivity index (χ1v) is 5.60. The van der Waals surface area contributed by atoms with Crippen LogP contribution in [-0.4, -0.2) is 34.8 Å². The Bertz CT molecular complexity index is 330. The lowest BCUT2D eigenvalue weighted by molar-refractivity contribution is 0.244. The smallest absolute Gasteiger partial charge is 0.224 e. The SMILES string of the molecule is CCNc1nc(C)cc(NCC(C)CO)n1. The van der Waals surface area contributed by atoms with Crippen molar-refractivity contribution in [2.45, 2.75) is 20.8 Å². The minimum Gasteiger partial charge on any atom is -0.396 e. The Morgan fingerprint density at radius 1 is 1.38 bits per heavy atom. The van der Waals surface area contributed by atoms with Gasteiger partial charge in [-0.1, -0.05) is 6.92 Å². The van der Waals surface area contributed by atoms with Gasteiger partial charge in [0.1, 0.15) is 5.82 Å². The second-order valence-electron chi connectivity index (χ2n) is 3.92. The normalized spacial score (nSPS) is 12.2. The first kappa shape index (κ1) is 12.7. The van der Waals surface area contributed by atoms with E-state index in [1.54, 1.807) is 0 Å². The van der Waals surface area contributed by atoms with E-state index in [2.05, 4.69) is 20.6 Å². The van der Waals surface area contributed by atoms with E-state index in [0.29, 0.717) is 12.5 Å². The van der Waals surface area contributed by atoms with Crippen molar-refractivity contribution >= 4 is 11.8 Å². The number of nitrogens with one attached hydrogen (secondary N) is 2. The monoisotopic (exact) mass is 224 g/mol. The second-order valence-corrected chi connectivity index (χ2v) is 3.92. The Hall–Kier alpha value is -1.36. The standard InChI is InChI=1S/C11H20N4O/c1-4-12-11-14-9(3)5-10(15-11)13-6-8(2)7-16/h5,8,16H,4,6-7H2,1-3H3,(H2,12,13,14,15). The lowest BCUT2D eigenvalue weighted by atomic mass is 10.2. The zero-order chi connectivity index (χ0) is 12.0. The highest BCUT2D eigenvalue weighted by molar-refractivity contribution is 5.42. The van der Waals surface area contributed by atoms with E-state index in [-0.39, 0.29) is 12.5 Å². The molecule has 1 unspecified atom stereocenters. The predicted molar refractivity (Wildman–Crippen MR) is 65.7 cm³/mol. The molecular formula is C11H20N4O. The van der Waals surface area contributed by atoms with Crippen LogP contribution < -0.4 is 10.6 Å². The van der Waals surface area contributed by atoms with Crippen LogP contribution in [0.1, 0.15) is 19.5 Å². The maximum atomic E-state index is 8.92. The summed E-state index contributed by atoms with van der Waals surface area (Å²) in [6.07, 6.45) is 0. The summed E-state index contributed by atoms with van der Waals surface area (Å²) in [5, 5.41) is 15.2. The molecule has 0 aliphatic carbocycles. The summed E-state index contributed by atoms with van der Waals surface area (Å²) >= 11 is 0. The molecule has 0 aromatic carbocycles. The van der Waals surface area contributed by atoms with Gasteiger partial charge in [-0.05, 0) is 19.8 Å². The van der Waals surface area contributed by atoms with Gasteiger partial charge in [0.15, 0.2) is 0 Å². The van der Waals surface area contributed by atoms with Crippen molar-refractivity contribution in [3.05, 3.63) is 11.8 Å². The molecule has 1 heterocycles. The Morgan fingerprint density at radius 3 is 2.75 bits per heavy atom. The number of hydrogen-bond acceptors (Lipinski definition) is 5. The van der Waals surface area contributed by atoms with E-state index in [0.717, 1.165) is 18.1 Å². The Balaban J connectivity index is 2.64. The van der Waals surface area contributed by atoms with Gasteiger partial charge >= 0.3 is 0 Å². The Morgan fingerprint density at radius 2 is 2.12 bits per heavy atom. The van der Waals surface area contributed by atoms with Gasteiger partial charge in [0.25, 0.3) is 0 Å². The third-order valence-electron chi connectivity index (χ3n) is 2.13. The van der Waals surface area contributed by atoms with Crippen LogP contribution >= 0.6 is 0 Å². The van der Waals surface area contributed by atoms with Crippen molar-refractivity contribution in [2.24, 2.45) is 5.92 Å². The number of rotatable bonds is 6. The van der Waals surface area contributed by atoms with Gasteiger partial charge < -0.3 is 15.7 Å². The summed E-state index contributed by atoms with van der Waals surface area (Å²) in [5.41, 5.74) is 0.921. The summed E-state index contributed by atoms with van der Waals surface area (Å²) in [6.45, 7) is 7.60. The largest absolute Gasteiger partial charge is 0.396 e. The molecule has 0 radical (unpaired) electrons. The first-order chi connectivity index (χ1) is 7.65. The van der Waals surface area contributed by atoms with Crippen LogP contribution in [0.15, 0.2) is 6.07 Å². The predicted octanol–water partition coefficient (Wildman–Crippen LogP) is 1.26. The highest BCUT2D eigenvalue weighted by Gasteiger charge is 2.03.